The Bertz CT molecular complexity index is 652. The summed E-state index contributed by atoms with van der Waals surface area (Å²) in [6, 6.07) is 6.05. The van der Waals surface area contributed by atoms with E-state index in [1.807, 2.05) is 13.1 Å². The van der Waals surface area contributed by atoms with Crippen LogP contribution in [0.15, 0.2) is 30.9 Å². The smallest absolute Gasteiger partial charge is 0.320 e. The summed E-state index contributed by atoms with van der Waals surface area (Å²) in [5, 5.41) is 12.6. The van der Waals surface area contributed by atoms with Crippen molar-refractivity contribution >= 4 is 11.7 Å². The van der Waals surface area contributed by atoms with Crippen molar-refractivity contribution in [2.24, 2.45) is 0 Å². The van der Waals surface area contributed by atoms with Crippen molar-refractivity contribution in [3.8, 4) is 0 Å². The van der Waals surface area contributed by atoms with Crippen LogP contribution in [0.2, 0.25) is 0 Å². The van der Waals surface area contributed by atoms with E-state index in [1.165, 1.54) is 16.8 Å². The molecule has 22 heavy (non-hydrogen) atoms. The highest BCUT2D eigenvalue weighted by molar-refractivity contribution is 5.76. The molecule has 0 bridgehead atoms. The third-order valence-corrected chi connectivity index (χ3v) is 5.52. The molecule has 3 atom stereocenters. The topological polar surface area (TPSA) is 52.6 Å². The number of likely N-dealkylation sites (N-methyl/N-ethyl adjacent to an activating group) is 1. The van der Waals surface area contributed by atoms with Crippen molar-refractivity contribution in [3.05, 3.63) is 42.0 Å². The quantitative estimate of drug-likeness (QED) is 0.843. The minimum atomic E-state index is -0.770. The van der Waals surface area contributed by atoms with E-state index in [2.05, 4.69) is 55.8 Å². The number of allylic oxidation sites excluding steroid dienone is 1. The molecule has 118 valence electrons. The zero-order valence-electron chi connectivity index (χ0n) is 13.7. The van der Waals surface area contributed by atoms with Crippen LogP contribution in [0, 0.1) is 0 Å². The van der Waals surface area contributed by atoms with Crippen molar-refractivity contribution in [3.63, 3.8) is 0 Å². The molecule has 0 amide bonds. The van der Waals surface area contributed by atoms with Crippen LogP contribution in [0.4, 0.5) is 5.69 Å². The first-order valence-electron chi connectivity index (χ1n) is 7.71. The number of carbonyl (C=O) groups is 1. The van der Waals surface area contributed by atoms with Gasteiger partial charge in [-0.25, -0.2) is 0 Å². The van der Waals surface area contributed by atoms with E-state index in [-0.39, 0.29) is 17.0 Å². The number of hydrogen-bond donors (Lipinski definition) is 2. The van der Waals surface area contributed by atoms with Crippen LogP contribution in [-0.2, 0) is 15.6 Å². The average Bonchev–Trinajstić information content (AvgIpc) is 2.93. The maximum absolute atomic E-state index is 11.4. The Kier molecular flexibility index (Phi) is 3.15. The predicted molar refractivity (Wildman–Crippen MR) is 88.4 cm³/mol. The monoisotopic (exact) mass is 300 g/mol. The summed E-state index contributed by atoms with van der Waals surface area (Å²) in [5.41, 5.74) is 3.37. The molecule has 4 heteroatoms. The van der Waals surface area contributed by atoms with Crippen LogP contribution in [0.5, 0.6) is 0 Å². The Hall–Kier alpha value is -1.81. The second-order valence-electron chi connectivity index (χ2n) is 7.35. The minimum Gasteiger partial charge on any atom is -0.480 e. The number of benzene rings is 1. The molecule has 0 saturated carbocycles. The molecule has 1 fully saturated rings. The second kappa shape index (κ2) is 4.59. The first-order valence-corrected chi connectivity index (χ1v) is 7.71. The predicted octanol–water partition coefficient (Wildman–Crippen LogP) is 2.63. The number of fused-ring (bicyclic) bond motifs is 3. The standard InChI is InChI=1S/C18H24N2O2/c1-6-17(2,3)11-7-8-14-12(9-11)18(4)10-13(15(21)22)19-16(18)20(14)5/h6-9,13,16,19H,1,10H2,2-5H3,(H,21,22)/t13-,16+,18-/m0/s1. The molecule has 0 radical (unpaired) electrons. The second-order valence-corrected chi connectivity index (χ2v) is 7.35. The number of nitrogens with zero attached hydrogens (tertiary/aromatic N) is 1. The average molecular weight is 300 g/mol. The summed E-state index contributed by atoms with van der Waals surface area (Å²) in [6.45, 7) is 10.4. The lowest BCUT2D eigenvalue weighted by Crippen LogP contribution is -2.47. The Morgan fingerprint density at radius 1 is 1.55 bits per heavy atom. The first-order chi connectivity index (χ1) is 10.2. The van der Waals surface area contributed by atoms with E-state index in [0.717, 1.165) is 0 Å². The van der Waals surface area contributed by atoms with Gasteiger partial charge >= 0.3 is 5.97 Å². The van der Waals surface area contributed by atoms with E-state index in [0.29, 0.717) is 6.42 Å². The molecule has 2 aliphatic heterocycles. The van der Waals surface area contributed by atoms with Crippen LogP contribution in [-0.4, -0.2) is 30.3 Å². The Labute approximate surface area is 131 Å². The van der Waals surface area contributed by atoms with Crippen molar-refractivity contribution in [1.82, 2.24) is 5.32 Å². The SMILES string of the molecule is C=CC(C)(C)c1ccc2c(c1)[C@]1(C)C[C@@H](C(=O)O)N[C@@H]1N2C. The molecule has 2 N–H and O–H groups in total. The molecule has 2 heterocycles. The Balaban J connectivity index is 2.09. The molecule has 1 saturated heterocycles. The molecule has 3 rings (SSSR count). The minimum absolute atomic E-state index is 0.0330. The highest BCUT2D eigenvalue weighted by Gasteiger charge is 2.54. The van der Waals surface area contributed by atoms with E-state index in [9.17, 15) is 9.90 Å². The molecule has 2 aliphatic rings. The first kappa shape index (κ1) is 15.1. The van der Waals surface area contributed by atoms with E-state index in [4.69, 9.17) is 0 Å². The van der Waals surface area contributed by atoms with Crippen LogP contribution in [0.25, 0.3) is 0 Å². The van der Waals surface area contributed by atoms with Crippen LogP contribution in [0.3, 0.4) is 0 Å². The van der Waals surface area contributed by atoms with Gasteiger partial charge in [0.2, 0.25) is 0 Å². The number of hydrogen-bond acceptors (Lipinski definition) is 3. The lowest BCUT2D eigenvalue weighted by Gasteiger charge is -2.28. The molecule has 0 unspecified atom stereocenters. The number of aliphatic carboxylic acids is 1. The summed E-state index contributed by atoms with van der Waals surface area (Å²) < 4.78 is 0. The van der Waals surface area contributed by atoms with Gasteiger partial charge in [0.25, 0.3) is 0 Å². The Morgan fingerprint density at radius 2 is 2.23 bits per heavy atom. The van der Waals surface area contributed by atoms with Gasteiger partial charge in [0.05, 0.1) is 6.17 Å². The molecule has 0 aromatic heterocycles. The normalized spacial score (nSPS) is 30.1. The zero-order chi connectivity index (χ0) is 16.3. The molecule has 4 nitrogen and oxygen atoms in total. The summed E-state index contributed by atoms with van der Waals surface area (Å²) in [6.07, 6.45) is 2.60. The summed E-state index contributed by atoms with van der Waals surface area (Å²) in [4.78, 5) is 13.5. The molecule has 0 spiro atoms. The van der Waals surface area contributed by atoms with Gasteiger partial charge in [-0.2, -0.15) is 0 Å². The number of carboxylic acid groups (broad SMARTS) is 1. The van der Waals surface area contributed by atoms with Crippen molar-refractivity contribution in [2.75, 3.05) is 11.9 Å². The molecule has 0 aliphatic carbocycles. The van der Waals surface area contributed by atoms with Gasteiger partial charge in [-0.05, 0) is 23.6 Å². The third-order valence-electron chi connectivity index (χ3n) is 5.52. The molecular weight excluding hydrogens is 276 g/mol. The number of anilines is 1. The van der Waals surface area contributed by atoms with E-state index >= 15 is 0 Å². The van der Waals surface area contributed by atoms with Gasteiger partial charge in [0.15, 0.2) is 0 Å². The van der Waals surface area contributed by atoms with Crippen LogP contribution < -0.4 is 10.2 Å². The maximum atomic E-state index is 11.4. The fraction of sp³-hybridized carbons (Fsp3) is 0.500. The van der Waals surface area contributed by atoms with Gasteiger partial charge in [-0.15, -0.1) is 6.58 Å². The third kappa shape index (κ3) is 1.90. The van der Waals surface area contributed by atoms with Crippen molar-refractivity contribution in [1.29, 1.82) is 0 Å². The Morgan fingerprint density at radius 3 is 2.82 bits per heavy atom. The van der Waals surface area contributed by atoms with Gasteiger partial charge in [0.1, 0.15) is 6.04 Å². The number of rotatable bonds is 3. The van der Waals surface area contributed by atoms with Crippen LogP contribution >= 0.6 is 0 Å². The zero-order valence-corrected chi connectivity index (χ0v) is 13.7. The largest absolute Gasteiger partial charge is 0.480 e. The highest BCUT2D eigenvalue weighted by atomic mass is 16.4. The molecule has 1 aromatic rings. The lowest BCUT2D eigenvalue weighted by molar-refractivity contribution is -0.139. The highest BCUT2D eigenvalue weighted by Crippen LogP contribution is 2.50. The number of nitrogens with one attached hydrogen (secondary N) is 1. The molecular formula is C18H24N2O2. The van der Waals surface area contributed by atoms with E-state index < -0.39 is 12.0 Å². The van der Waals surface area contributed by atoms with Gasteiger partial charge in [0, 0.05) is 23.6 Å². The molecule has 1 aromatic carbocycles. The van der Waals surface area contributed by atoms with Crippen LogP contribution in [0.1, 0.15) is 38.3 Å². The van der Waals surface area contributed by atoms with Gasteiger partial charge in [-0.3, -0.25) is 10.1 Å². The summed E-state index contributed by atoms with van der Waals surface area (Å²) in [5.74, 6) is -0.770. The van der Waals surface area contributed by atoms with Crippen molar-refractivity contribution in [2.45, 2.75) is 50.2 Å². The summed E-state index contributed by atoms with van der Waals surface area (Å²) in [7, 11) is 2.03. The number of carboxylic acids is 1. The summed E-state index contributed by atoms with van der Waals surface area (Å²) >= 11 is 0. The van der Waals surface area contributed by atoms with E-state index in [1.54, 1.807) is 0 Å². The fourth-order valence-electron chi connectivity index (χ4n) is 3.88. The lowest BCUT2D eigenvalue weighted by atomic mass is 9.76. The van der Waals surface area contributed by atoms with Gasteiger partial charge in [-0.1, -0.05) is 39.0 Å². The maximum Gasteiger partial charge on any atom is 0.320 e. The fourth-order valence-corrected chi connectivity index (χ4v) is 3.88. The van der Waals surface area contributed by atoms with Gasteiger partial charge < -0.3 is 10.0 Å². The van der Waals surface area contributed by atoms with Crippen molar-refractivity contribution < 1.29 is 9.90 Å².